The number of furan rings is 1. The summed E-state index contributed by atoms with van der Waals surface area (Å²) in [5.41, 5.74) is 2.65. The van der Waals surface area contributed by atoms with Gasteiger partial charge in [-0.05, 0) is 36.4 Å². The fourth-order valence-electron chi connectivity index (χ4n) is 3.12. The second-order valence-corrected chi connectivity index (χ2v) is 7.14. The summed E-state index contributed by atoms with van der Waals surface area (Å²) < 4.78 is 24.2. The van der Waals surface area contributed by atoms with E-state index in [0.717, 1.165) is 27.5 Å². The van der Waals surface area contributed by atoms with Gasteiger partial charge in [0, 0.05) is 17.1 Å². The summed E-state index contributed by atoms with van der Waals surface area (Å²) in [5, 5.41) is 2.05. The van der Waals surface area contributed by atoms with E-state index >= 15 is 0 Å². The van der Waals surface area contributed by atoms with Crippen molar-refractivity contribution in [3.05, 3.63) is 71.0 Å². The Morgan fingerprint density at radius 2 is 1.87 bits per heavy atom. The maximum atomic E-state index is 5.59. The molecule has 0 atom stereocenters. The molecule has 0 aliphatic carbocycles. The minimum absolute atomic E-state index is 0.529. The van der Waals surface area contributed by atoms with Crippen molar-refractivity contribution < 1.29 is 18.6 Å². The van der Waals surface area contributed by atoms with Gasteiger partial charge in [-0.1, -0.05) is 0 Å². The highest BCUT2D eigenvalue weighted by atomic mass is 32.1. The summed E-state index contributed by atoms with van der Waals surface area (Å²) in [6.45, 7) is 0.529. The first-order valence-electron chi connectivity index (χ1n) is 9.19. The topological polar surface area (TPSA) is 71.0 Å². The van der Waals surface area contributed by atoms with Crippen LogP contribution in [0.5, 0.6) is 17.2 Å². The standard InChI is InChI=1S/C22H21N3O4S/c1-26-19-10-15(11-20(27-2)21(19)28-3)18-14-30-22(24-16-6-4-8-23-12-16)25(18)13-17-7-5-9-29-17/h4-12,14H,13H2,1-3H3. The Hall–Kier alpha value is -3.52. The number of aromatic nitrogens is 2. The first-order chi connectivity index (χ1) is 14.7. The quantitative estimate of drug-likeness (QED) is 0.437. The van der Waals surface area contributed by atoms with Gasteiger partial charge in [0.1, 0.15) is 5.76 Å². The molecule has 0 radical (unpaired) electrons. The lowest BCUT2D eigenvalue weighted by atomic mass is 10.1. The fourth-order valence-corrected chi connectivity index (χ4v) is 4.05. The Kier molecular flexibility index (Phi) is 5.85. The highest BCUT2D eigenvalue weighted by Crippen LogP contribution is 2.41. The minimum Gasteiger partial charge on any atom is -0.493 e. The van der Waals surface area contributed by atoms with E-state index < -0.39 is 0 Å². The summed E-state index contributed by atoms with van der Waals surface area (Å²) >= 11 is 1.54. The van der Waals surface area contributed by atoms with E-state index in [1.54, 1.807) is 40.0 Å². The third kappa shape index (κ3) is 3.95. The first-order valence-corrected chi connectivity index (χ1v) is 10.1. The molecule has 0 amide bonds. The summed E-state index contributed by atoms with van der Waals surface area (Å²) in [7, 11) is 4.80. The first kappa shape index (κ1) is 19.8. The van der Waals surface area contributed by atoms with Crippen molar-refractivity contribution in [3.63, 3.8) is 0 Å². The lowest BCUT2D eigenvalue weighted by molar-refractivity contribution is 0.324. The van der Waals surface area contributed by atoms with Crippen molar-refractivity contribution in [1.82, 2.24) is 9.55 Å². The van der Waals surface area contributed by atoms with Crippen LogP contribution in [0, 0.1) is 0 Å². The smallest absolute Gasteiger partial charge is 0.203 e. The zero-order valence-corrected chi connectivity index (χ0v) is 17.7. The normalized spacial score (nSPS) is 11.5. The molecule has 0 fully saturated rings. The molecular weight excluding hydrogens is 402 g/mol. The Morgan fingerprint density at radius 1 is 1.07 bits per heavy atom. The number of hydrogen-bond donors (Lipinski definition) is 0. The van der Waals surface area contributed by atoms with Crippen molar-refractivity contribution >= 4 is 17.0 Å². The maximum absolute atomic E-state index is 5.59. The number of methoxy groups -OCH3 is 3. The zero-order valence-electron chi connectivity index (χ0n) is 16.9. The Labute approximate surface area is 177 Å². The van der Waals surface area contributed by atoms with E-state index in [-0.39, 0.29) is 0 Å². The molecule has 3 heterocycles. The van der Waals surface area contributed by atoms with E-state index in [0.29, 0.717) is 23.8 Å². The average molecular weight is 423 g/mol. The van der Waals surface area contributed by atoms with Crippen LogP contribution >= 0.6 is 11.3 Å². The van der Waals surface area contributed by atoms with Crippen LogP contribution in [-0.2, 0) is 6.54 Å². The zero-order chi connectivity index (χ0) is 20.9. The molecule has 0 N–H and O–H groups in total. The second-order valence-electron chi connectivity index (χ2n) is 6.31. The Morgan fingerprint density at radius 3 is 2.47 bits per heavy atom. The fraction of sp³-hybridized carbons (Fsp3) is 0.182. The summed E-state index contributed by atoms with van der Waals surface area (Å²) in [6, 6.07) is 11.5. The molecule has 1 aromatic carbocycles. The van der Waals surface area contributed by atoms with E-state index in [9.17, 15) is 0 Å². The van der Waals surface area contributed by atoms with E-state index in [2.05, 4.69) is 14.9 Å². The van der Waals surface area contributed by atoms with E-state index in [4.69, 9.17) is 23.6 Å². The number of rotatable bonds is 7. The molecule has 7 nitrogen and oxygen atoms in total. The van der Waals surface area contributed by atoms with E-state index in [1.807, 2.05) is 36.4 Å². The average Bonchev–Trinajstić information content (AvgIpc) is 3.44. The summed E-state index contributed by atoms with van der Waals surface area (Å²) in [4.78, 5) is 9.75. The maximum Gasteiger partial charge on any atom is 0.203 e. The largest absolute Gasteiger partial charge is 0.493 e. The second kappa shape index (κ2) is 8.87. The lowest BCUT2D eigenvalue weighted by Gasteiger charge is -2.15. The third-order valence-corrected chi connectivity index (χ3v) is 5.39. The molecule has 8 heteroatoms. The molecule has 0 aliphatic rings. The van der Waals surface area contributed by atoms with Gasteiger partial charge in [0.25, 0.3) is 0 Å². The highest BCUT2D eigenvalue weighted by Gasteiger charge is 2.17. The van der Waals surface area contributed by atoms with Crippen LogP contribution in [0.15, 0.2) is 69.8 Å². The molecule has 0 saturated heterocycles. The number of nitrogens with zero attached hydrogens (tertiary/aromatic N) is 3. The minimum atomic E-state index is 0.529. The number of thiazole rings is 1. The number of ether oxygens (including phenoxy) is 3. The van der Waals surface area contributed by atoms with Gasteiger partial charge in [-0.2, -0.15) is 0 Å². The summed E-state index contributed by atoms with van der Waals surface area (Å²) in [5.74, 6) is 2.56. The molecular formula is C22H21N3O4S. The monoisotopic (exact) mass is 423 g/mol. The van der Waals surface area contributed by atoms with Crippen LogP contribution in [0.2, 0.25) is 0 Å². The van der Waals surface area contributed by atoms with Crippen molar-refractivity contribution in [2.45, 2.75) is 6.54 Å². The molecule has 4 rings (SSSR count). The van der Waals surface area contributed by atoms with Gasteiger partial charge in [-0.3, -0.25) is 4.98 Å². The molecule has 0 bridgehead atoms. The number of hydrogen-bond acceptors (Lipinski definition) is 7. The van der Waals surface area contributed by atoms with Gasteiger partial charge in [0.2, 0.25) is 5.75 Å². The molecule has 3 aromatic heterocycles. The molecule has 0 spiro atoms. The summed E-state index contributed by atoms with van der Waals surface area (Å²) in [6.07, 6.45) is 5.13. The SMILES string of the molecule is COc1cc(-c2csc(=Nc3cccnc3)n2Cc2ccco2)cc(OC)c1OC. The van der Waals surface area contributed by atoms with Gasteiger partial charge >= 0.3 is 0 Å². The van der Waals surface area contributed by atoms with Crippen LogP contribution in [0.25, 0.3) is 11.3 Å². The van der Waals surface area contributed by atoms with Gasteiger partial charge in [0.15, 0.2) is 16.3 Å². The van der Waals surface area contributed by atoms with Crippen LogP contribution in [0.1, 0.15) is 5.76 Å². The van der Waals surface area contributed by atoms with Crippen molar-refractivity contribution in [3.8, 4) is 28.5 Å². The van der Waals surface area contributed by atoms with Crippen LogP contribution in [0.4, 0.5) is 5.69 Å². The third-order valence-electron chi connectivity index (χ3n) is 4.52. The lowest BCUT2D eigenvalue weighted by Crippen LogP contribution is -2.16. The van der Waals surface area contributed by atoms with Gasteiger partial charge < -0.3 is 23.2 Å². The molecule has 30 heavy (non-hydrogen) atoms. The Balaban J connectivity index is 1.89. The van der Waals surface area contributed by atoms with Crippen LogP contribution < -0.4 is 19.0 Å². The molecule has 0 saturated carbocycles. The predicted octanol–water partition coefficient (Wildman–Crippen LogP) is 4.51. The van der Waals surface area contributed by atoms with Gasteiger partial charge in [0.05, 0.1) is 51.7 Å². The van der Waals surface area contributed by atoms with Crippen molar-refractivity contribution in [1.29, 1.82) is 0 Å². The van der Waals surface area contributed by atoms with Gasteiger partial charge in [-0.15, -0.1) is 11.3 Å². The molecule has 4 aromatic rings. The molecule has 0 aliphatic heterocycles. The van der Waals surface area contributed by atoms with Gasteiger partial charge in [-0.25, -0.2) is 4.99 Å². The van der Waals surface area contributed by atoms with E-state index in [1.165, 1.54) is 11.3 Å². The van der Waals surface area contributed by atoms with Crippen LogP contribution in [0.3, 0.4) is 0 Å². The Bertz CT molecular complexity index is 1160. The van der Waals surface area contributed by atoms with Crippen LogP contribution in [-0.4, -0.2) is 30.9 Å². The predicted molar refractivity (Wildman–Crippen MR) is 115 cm³/mol. The molecule has 0 unspecified atom stereocenters. The molecule has 154 valence electrons. The number of pyridine rings is 1. The number of benzene rings is 1. The highest BCUT2D eigenvalue weighted by molar-refractivity contribution is 7.07. The van der Waals surface area contributed by atoms with Crippen molar-refractivity contribution in [2.75, 3.05) is 21.3 Å². The van der Waals surface area contributed by atoms with Crippen molar-refractivity contribution in [2.24, 2.45) is 4.99 Å².